The van der Waals surface area contributed by atoms with Gasteiger partial charge in [0.25, 0.3) is 0 Å². The number of methoxy groups -OCH3 is 1. The van der Waals surface area contributed by atoms with Gasteiger partial charge in [-0.05, 0) is 18.9 Å². The van der Waals surface area contributed by atoms with Crippen LogP contribution in [0.15, 0.2) is 23.2 Å². The average molecular weight is 262 g/mol. The van der Waals surface area contributed by atoms with E-state index < -0.39 is 0 Å². The average Bonchev–Trinajstić information content (AvgIpc) is 2.96. The fourth-order valence-corrected chi connectivity index (χ4v) is 2.30. The highest BCUT2D eigenvalue weighted by Crippen LogP contribution is 2.17. The number of nitrogens with one attached hydrogen (secondary N) is 2. The van der Waals surface area contributed by atoms with E-state index in [0.717, 1.165) is 11.7 Å². The zero-order valence-corrected chi connectivity index (χ0v) is 11.6. The summed E-state index contributed by atoms with van der Waals surface area (Å²) >= 11 is 0. The number of hydrogen-bond donors (Lipinski definition) is 2. The van der Waals surface area contributed by atoms with Crippen molar-refractivity contribution < 1.29 is 4.74 Å². The van der Waals surface area contributed by atoms with Crippen LogP contribution in [-0.2, 0) is 6.54 Å². The number of nitrogens with zero attached hydrogens (tertiary/aromatic N) is 2. The molecule has 2 N–H and O–H groups in total. The summed E-state index contributed by atoms with van der Waals surface area (Å²) in [4.78, 5) is 8.61. The van der Waals surface area contributed by atoms with Crippen molar-refractivity contribution >= 4 is 5.96 Å². The van der Waals surface area contributed by atoms with Gasteiger partial charge in [0.1, 0.15) is 0 Å². The lowest BCUT2D eigenvalue weighted by Crippen LogP contribution is -2.42. The normalized spacial score (nSPS) is 16.4. The van der Waals surface area contributed by atoms with Gasteiger partial charge in [-0.15, -0.1) is 0 Å². The zero-order chi connectivity index (χ0) is 13.5. The zero-order valence-electron chi connectivity index (χ0n) is 11.6. The van der Waals surface area contributed by atoms with E-state index in [4.69, 9.17) is 4.74 Å². The van der Waals surface area contributed by atoms with E-state index >= 15 is 0 Å². The smallest absolute Gasteiger partial charge is 0.213 e. The summed E-state index contributed by atoms with van der Waals surface area (Å²) < 4.78 is 5.11. The van der Waals surface area contributed by atoms with Crippen LogP contribution in [0.1, 0.15) is 31.4 Å². The monoisotopic (exact) mass is 262 g/mol. The lowest BCUT2D eigenvalue weighted by molar-refractivity contribution is 0.396. The van der Waals surface area contributed by atoms with E-state index in [1.165, 1.54) is 25.7 Å². The SMILES string of the molecule is CN=C(NCc1cccc(OC)n1)NC1CCCC1. The molecule has 0 saturated heterocycles. The maximum absolute atomic E-state index is 5.11. The molecular weight excluding hydrogens is 240 g/mol. The van der Waals surface area contributed by atoms with Gasteiger partial charge in [-0.25, -0.2) is 4.98 Å². The molecule has 1 aliphatic rings. The molecule has 0 bridgehead atoms. The van der Waals surface area contributed by atoms with Crippen LogP contribution in [-0.4, -0.2) is 31.1 Å². The molecule has 19 heavy (non-hydrogen) atoms. The predicted octanol–water partition coefficient (Wildman–Crippen LogP) is 1.70. The molecule has 2 rings (SSSR count). The predicted molar refractivity (Wildman–Crippen MR) is 76.4 cm³/mol. The Morgan fingerprint density at radius 3 is 2.89 bits per heavy atom. The van der Waals surface area contributed by atoms with Gasteiger partial charge < -0.3 is 15.4 Å². The number of aliphatic imine (C=N–C) groups is 1. The second-order valence-electron chi connectivity index (χ2n) is 4.72. The van der Waals surface area contributed by atoms with Crippen molar-refractivity contribution in [3.63, 3.8) is 0 Å². The molecule has 0 aromatic carbocycles. The molecule has 0 unspecified atom stereocenters. The minimum atomic E-state index is 0.560. The van der Waals surface area contributed by atoms with Crippen molar-refractivity contribution in [1.29, 1.82) is 0 Å². The van der Waals surface area contributed by atoms with E-state index in [1.54, 1.807) is 14.2 Å². The highest BCUT2D eigenvalue weighted by Gasteiger charge is 2.15. The molecule has 0 atom stereocenters. The van der Waals surface area contributed by atoms with Gasteiger partial charge in [-0.3, -0.25) is 4.99 Å². The van der Waals surface area contributed by atoms with Gasteiger partial charge in [-0.2, -0.15) is 0 Å². The fraction of sp³-hybridized carbons (Fsp3) is 0.571. The molecule has 0 aliphatic heterocycles. The van der Waals surface area contributed by atoms with Gasteiger partial charge in [-0.1, -0.05) is 18.9 Å². The van der Waals surface area contributed by atoms with Crippen molar-refractivity contribution in [2.24, 2.45) is 4.99 Å². The van der Waals surface area contributed by atoms with E-state index in [9.17, 15) is 0 Å². The summed E-state index contributed by atoms with van der Waals surface area (Å²) in [6, 6.07) is 6.31. The van der Waals surface area contributed by atoms with Crippen molar-refractivity contribution in [2.75, 3.05) is 14.2 Å². The number of aromatic nitrogens is 1. The summed E-state index contributed by atoms with van der Waals surface area (Å²) in [7, 11) is 3.42. The van der Waals surface area contributed by atoms with Gasteiger partial charge in [0.2, 0.25) is 5.88 Å². The highest BCUT2D eigenvalue weighted by atomic mass is 16.5. The summed E-state index contributed by atoms with van der Waals surface area (Å²) in [6.07, 6.45) is 5.09. The lowest BCUT2D eigenvalue weighted by Gasteiger charge is -2.16. The van der Waals surface area contributed by atoms with Crippen molar-refractivity contribution in [3.8, 4) is 5.88 Å². The summed E-state index contributed by atoms with van der Waals surface area (Å²) in [5.74, 6) is 1.48. The molecular formula is C14H22N4O. The van der Waals surface area contributed by atoms with Gasteiger partial charge >= 0.3 is 0 Å². The molecule has 0 spiro atoms. The maximum Gasteiger partial charge on any atom is 0.213 e. The Balaban J connectivity index is 1.84. The summed E-state index contributed by atoms with van der Waals surface area (Å²) in [5.41, 5.74) is 0.939. The molecule has 1 heterocycles. The van der Waals surface area contributed by atoms with Crippen molar-refractivity contribution in [3.05, 3.63) is 23.9 Å². The molecule has 5 nitrogen and oxygen atoms in total. The molecule has 0 radical (unpaired) electrons. The first-order valence-corrected chi connectivity index (χ1v) is 6.79. The molecule has 1 aromatic rings. The molecule has 0 amide bonds. The first kappa shape index (κ1) is 13.6. The Kier molecular flexibility index (Phi) is 5.01. The van der Waals surface area contributed by atoms with Crippen LogP contribution >= 0.6 is 0 Å². The van der Waals surface area contributed by atoms with Crippen LogP contribution in [0.2, 0.25) is 0 Å². The van der Waals surface area contributed by atoms with E-state index in [2.05, 4.69) is 20.6 Å². The van der Waals surface area contributed by atoms with Crippen LogP contribution in [0.3, 0.4) is 0 Å². The molecule has 104 valence electrons. The van der Waals surface area contributed by atoms with Crippen LogP contribution in [0.5, 0.6) is 5.88 Å². The van der Waals surface area contributed by atoms with Crippen LogP contribution in [0.25, 0.3) is 0 Å². The third-order valence-corrected chi connectivity index (χ3v) is 3.35. The lowest BCUT2D eigenvalue weighted by atomic mass is 10.2. The minimum Gasteiger partial charge on any atom is -0.481 e. The van der Waals surface area contributed by atoms with E-state index in [-0.39, 0.29) is 0 Å². The third-order valence-electron chi connectivity index (χ3n) is 3.35. The molecule has 1 fully saturated rings. The Morgan fingerprint density at radius 1 is 1.42 bits per heavy atom. The highest BCUT2D eigenvalue weighted by molar-refractivity contribution is 5.79. The van der Waals surface area contributed by atoms with E-state index in [1.807, 2.05) is 18.2 Å². The first-order chi connectivity index (χ1) is 9.31. The van der Waals surface area contributed by atoms with E-state index in [0.29, 0.717) is 18.5 Å². The van der Waals surface area contributed by atoms with Gasteiger partial charge in [0.05, 0.1) is 19.3 Å². The summed E-state index contributed by atoms with van der Waals surface area (Å²) in [5, 5.41) is 6.73. The largest absolute Gasteiger partial charge is 0.481 e. The minimum absolute atomic E-state index is 0.560. The number of ether oxygens (including phenoxy) is 1. The number of pyridine rings is 1. The molecule has 1 saturated carbocycles. The molecule has 1 aromatic heterocycles. The molecule has 5 heteroatoms. The van der Waals surface area contributed by atoms with Gasteiger partial charge in [0, 0.05) is 19.2 Å². The Hall–Kier alpha value is -1.78. The number of hydrogen-bond acceptors (Lipinski definition) is 3. The molecule has 1 aliphatic carbocycles. The second-order valence-corrected chi connectivity index (χ2v) is 4.72. The maximum atomic E-state index is 5.11. The second kappa shape index (κ2) is 6.97. The van der Waals surface area contributed by atoms with Gasteiger partial charge in [0.15, 0.2) is 5.96 Å². The van der Waals surface area contributed by atoms with Crippen LogP contribution in [0, 0.1) is 0 Å². The Bertz CT molecular complexity index is 427. The Morgan fingerprint density at radius 2 is 2.21 bits per heavy atom. The Labute approximate surface area is 114 Å². The topological polar surface area (TPSA) is 58.5 Å². The van der Waals surface area contributed by atoms with Crippen molar-refractivity contribution in [1.82, 2.24) is 15.6 Å². The number of rotatable bonds is 4. The quantitative estimate of drug-likeness (QED) is 0.640. The van der Waals surface area contributed by atoms with Crippen LogP contribution < -0.4 is 15.4 Å². The standard InChI is InChI=1S/C14H22N4O/c1-15-14(18-11-6-3-4-7-11)16-10-12-8-5-9-13(17-12)19-2/h5,8-9,11H,3-4,6-7,10H2,1-2H3,(H2,15,16,18). The van der Waals surface area contributed by atoms with Crippen molar-refractivity contribution in [2.45, 2.75) is 38.3 Å². The first-order valence-electron chi connectivity index (χ1n) is 6.79. The fourth-order valence-electron chi connectivity index (χ4n) is 2.30. The van der Waals surface area contributed by atoms with Crippen LogP contribution in [0.4, 0.5) is 0 Å². The number of guanidine groups is 1. The third kappa shape index (κ3) is 4.12. The summed E-state index contributed by atoms with van der Waals surface area (Å²) in [6.45, 7) is 0.642.